The van der Waals surface area contributed by atoms with Gasteiger partial charge in [-0.25, -0.2) is 0 Å². The van der Waals surface area contributed by atoms with Crippen molar-refractivity contribution >= 4 is 0 Å². The highest BCUT2D eigenvalue weighted by molar-refractivity contribution is 4.84. The molecule has 0 heterocycles. The molecule has 0 aromatic heterocycles. The van der Waals surface area contributed by atoms with Crippen LogP contribution in [0, 0.1) is 5.92 Å². The fourth-order valence-corrected chi connectivity index (χ4v) is 1.56. The number of rotatable bonds is 4. The van der Waals surface area contributed by atoms with Gasteiger partial charge in [0.15, 0.2) is 0 Å². The van der Waals surface area contributed by atoms with E-state index < -0.39 is 0 Å². The molecule has 1 rings (SSSR count). The van der Waals surface area contributed by atoms with E-state index in [0.717, 1.165) is 18.5 Å². The molecule has 2 N–H and O–H groups in total. The van der Waals surface area contributed by atoms with E-state index in [1.54, 1.807) is 0 Å². The summed E-state index contributed by atoms with van der Waals surface area (Å²) in [7, 11) is 2.17. The SMILES string of the molecule is CC(N)CN(C)C(C)C1CC1. The molecule has 0 amide bonds. The average Bonchev–Trinajstić information content (AvgIpc) is 2.65. The van der Waals surface area contributed by atoms with Crippen molar-refractivity contribution in [2.45, 2.75) is 38.8 Å². The molecule has 1 fully saturated rings. The summed E-state index contributed by atoms with van der Waals surface area (Å²) in [6, 6.07) is 1.04. The van der Waals surface area contributed by atoms with Gasteiger partial charge in [0.05, 0.1) is 0 Å². The van der Waals surface area contributed by atoms with E-state index >= 15 is 0 Å². The number of nitrogens with zero attached hydrogens (tertiary/aromatic N) is 1. The second-order valence-electron chi connectivity index (χ2n) is 3.99. The minimum absolute atomic E-state index is 0.307. The van der Waals surface area contributed by atoms with Crippen molar-refractivity contribution in [2.75, 3.05) is 13.6 Å². The minimum Gasteiger partial charge on any atom is -0.327 e. The zero-order valence-corrected chi connectivity index (χ0v) is 7.88. The van der Waals surface area contributed by atoms with Gasteiger partial charge in [0.1, 0.15) is 0 Å². The zero-order chi connectivity index (χ0) is 8.43. The first kappa shape index (κ1) is 9.01. The molecule has 0 spiro atoms. The van der Waals surface area contributed by atoms with Gasteiger partial charge in [-0.15, -0.1) is 0 Å². The number of likely N-dealkylation sites (N-methyl/N-ethyl adjacent to an activating group) is 1. The summed E-state index contributed by atoms with van der Waals surface area (Å²) in [5, 5.41) is 0. The Hall–Kier alpha value is -0.0800. The van der Waals surface area contributed by atoms with Gasteiger partial charge in [-0.2, -0.15) is 0 Å². The Labute approximate surface area is 69.8 Å². The van der Waals surface area contributed by atoms with Crippen molar-refractivity contribution in [1.82, 2.24) is 4.90 Å². The first-order chi connectivity index (χ1) is 5.11. The maximum Gasteiger partial charge on any atom is 0.0139 e. The molecule has 0 aromatic rings. The smallest absolute Gasteiger partial charge is 0.0139 e. The number of nitrogens with two attached hydrogens (primary N) is 1. The summed E-state index contributed by atoms with van der Waals surface area (Å²) in [5.41, 5.74) is 5.71. The monoisotopic (exact) mass is 156 g/mol. The fourth-order valence-electron chi connectivity index (χ4n) is 1.56. The molecule has 2 heteroatoms. The van der Waals surface area contributed by atoms with Crippen molar-refractivity contribution in [3.05, 3.63) is 0 Å². The highest BCUT2D eigenvalue weighted by atomic mass is 15.1. The van der Waals surface area contributed by atoms with Crippen LogP contribution in [0.4, 0.5) is 0 Å². The van der Waals surface area contributed by atoms with Gasteiger partial charge in [0.25, 0.3) is 0 Å². The van der Waals surface area contributed by atoms with Gasteiger partial charge in [-0.05, 0) is 39.7 Å². The van der Waals surface area contributed by atoms with Crippen molar-refractivity contribution in [3.8, 4) is 0 Å². The first-order valence-electron chi connectivity index (χ1n) is 4.57. The predicted octanol–water partition coefficient (Wildman–Crippen LogP) is 1.06. The Morgan fingerprint density at radius 1 is 1.45 bits per heavy atom. The van der Waals surface area contributed by atoms with Crippen LogP contribution in [0.2, 0.25) is 0 Å². The van der Waals surface area contributed by atoms with Gasteiger partial charge in [0.2, 0.25) is 0 Å². The summed E-state index contributed by atoms with van der Waals surface area (Å²) in [4.78, 5) is 2.38. The molecule has 0 aliphatic heterocycles. The largest absolute Gasteiger partial charge is 0.327 e. The standard InChI is InChI=1S/C9H20N2/c1-7(10)6-11(3)8(2)9-4-5-9/h7-9H,4-6,10H2,1-3H3. The lowest BCUT2D eigenvalue weighted by molar-refractivity contribution is 0.225. The van der Waals surface area contributed by atoms with Crippen LogP contribution < -0.4 is 5.73 Å². The lowest BCUT2D eigenvalue weighted by Crippen LogP contribution is -2.39. The lowest BCUT2D eigenvalue weighted by Gasteiger charge is -2.25. The molecule has 1 saturated carbocycles. The van der Waals surface area contributed by atoms with Crippen LogP contribution in [0.15, 0.2) is 0 Å². The highest BCUT2D eigenvalue weighted by Crippen LogP contribution is 2.34. The van der Waals surface area contributed by atoms with E-state index in [2.05, 4.69) is 25.8 Å². The van der Waals surface area contributed by atoms with Gasteiger partial charge < -0.3 is 10.6 Å². The van der Waals surface area contributed by atoms with Gasteiger partial charge >= 0.3 is 0 Å². The maximum absolute atomic E-state index is 5.71. The van der Waals surface area contributed by atoms with Crippen LogP contribution in [-0.4, -0.2) is 30.6 Å². The molecule has 11 heavy (non-hydrogen) atoms. The molecule has 0 radical (unpaired) electrons. The molecule has 0 saturated heterocycles. The maximum atomic E-state index is 5.71. The number of hydrogen-bond acceptors (Lipinski definition) is 2. The zero-order valence-electron chi connectivity index (χ0n) is 7.88. The molecule has 66 valence electrons. The van der Waals surface area contributed by atoms with Gasteiger partial charge in [-0.1, -0.05) is 0 Å². The summed E-state index contributed by atoms with van der Waals surface area (Å²) in [6.07, 6.45) is 2.84. The average molecular weight is 156 g/mol. The molecule has 1 aliphatic rings. The summed E-state index contributed by atoms with van der Waals surface area (Å²) in [6.45, 7) is 5.40. The molecule has 1 aliphatic carbocycles. The molecule has 0 bridgehead atoms. The Kier molecular flexibility index (Phi) is 2.90. The highest BCUT2D eigenvalue weighted by Gasteiger charge is 2.30. The van der Waals surface area contributed by atoms with E-state index in [9.17, 15) is 0 Å². The van der Waals surface area contributed by atoms with Crippen LogP contribution in [-0.2, 0) is 0 Å². The first-order valence-corrected chi connectivity index (χ1v) is 4.57. The minimum atomic E-state index is 0.307. The van der Waals surface area contributed by atoms with E-state index in [1.807, 2.05) is 0 Å². The molecular formula is C9H20N2. The van der Waals surface area contributed by atoms with Crippen LogP contribution in [0.1, 0.15) is 26.7 Å². The Bertz CT molecular complexity index is 119. The van der Waals surface area contributed by atoms with Gasteiger partial charge in [-0.3, -0.25) is 0 Å². The topological polar surface area (TPSA) is 29.3 Å². The quantitative estimate of drug-likeness (QED) is 0.659. The Morgan fingerprint density at radius 2 is 2.00 bits per heavy atom. The Balaban J connectivity index is 2.21. The van der Waals surface area contributed by atoms with Crippen LogP contribution >= 0.6 is 0 Å². The van der Waals surface area contributed by atoms with Crippen molar-refractivity contribution in [3.63, 3.8) is 0 Å². The van der Waals surface area contributed by atoms with Crippen molar-refractivity contribution in [2.24, 2.45) is 11.7 Å². The molecule has 2 nitrogen and oxygen atoms in total. The van der Waals surface area contributed by atoms with Crippen LogP contribution in [0.25, 0.3) is 0 Å². The van der Waals surface area contributed by atoms with E-state index in [1.165, 1.54) is 12.8 Å². The second kappa shape index (κ2) is 3.55. The summed E-state index contributed by atoms with van der Waals surface area (Å²) >= 11 is 0. The number of hydrogen-bond donors (Lipinski definition) is 1. The normalized spacial score (nSPS) is 23.7. The predicted molar refractivity (Wildman–Crippen MR) is 48.5 cm³/mol. The summed E-state index contributed by atoms with van der Waals surface area (Å²) < 4.78 is 0. The van der Waals surface area contributed by atoms with E-state index in [0.29, 0.717) is 6.04 Å². The molecule has 2 atom stereocenters. The van der Waals surface area contributed by atoms with Crippen molar-refractivity contribution in [1.29, 1.82) is 0 Å². The lowest BCUT2D eigenvalue weighted by atomic mass is 10.2. The molecule has 2 unspecified atom stereocenters. The van der Waals surface area contributed by atoms with Crippen molar-refractivity contribution < 1.29 is 0 Å². The van der Waals surface area contributed by atoms with Gasteiger partial charge in [0, 0.05) is 18.6 Å². The van der Waals surface area contributed by atoms with Crippen LogP contribution in [0.3, 0.4) is 0 Å². The van der Waals surface area contributed by atoms with Crippen LogP contribution in [0.5, 0.6) is 0 Å². The second-order valence-corrected chi connectivity index (χ2v) is 3.99. The van der Waals surface area contributed by atoms with E-state index in [-0.39, 0.29) is 0 Å². The molecule has 0 aromatic carbocycles. The van der Waals surface area contributed by atoms with E-state index in [4.69, 9.17) is 5.73 Å². The Morgan fingerprint density at radius 3 is 2.36 bits per heavy atom. The fraction of sp³-hybridized carbons (Fsp3) is 1.00. The third kappa shape index (κ3) is 2.80. The molecular weight excluding hydrogens is 136 g/mol. The summed E-state index contributed by atoms with van der Waals surface area (Å²) in [5.74, 6) is 0.957. The third-order valence-corrected chi connectivity index (χ3v) is 2.58. The third-order valence-electron chi connectivity index (χ3n) is 2.58.